The number of hydrogen-bond acceptors (Lipinski definition) is 5. The quantitative estimate of drug-likeness (QED) is 0.739. The zero-order chi connectivity index (χ0) is 15.0. The largest absolute Gasteiger partial charge is 0.423 e. The smallest absolute Gasteiger partial charge is 0.409 e. The second kappa shape index (κ2) is 4.95. The lowest BCUT2D eigenvalue weighted by Gasteiger charge is -2.35. The molecule has 0 aliphatic carbocycles. The number of nitrogens with zero attached hydrogens (tertiary/aromatic N) is 1. The molecule has 3 N–H and O–H groups in total. The lowest BCUT2D eigenvalue weighted by molar-refractivity contribution is 0.0816. The Morgan fingerprint density at radius 1 is 1.33 bits per heavy atom. The third-order valence-electron chi connectivity index (χ3n) is 3.46. The van der Waals surface area contributed by atoms with Crippen molar-refractivity contribution in [1.29, 1.82) is 0 Å². The van der Waals surface area contributed by atoms with Gasteiger partial charge in [0.2, 0.25) is 0 Å². The zero-order valence-corrected chi connectivity index (χ0v) is 12.4. The van der Waals surface area contributed by atoms with Gasteiger partial charge in [0.05, 0.1) is 6.34 Å². The van der Waals surface area contributed by atoms with Crippen LogP contribution in [-0.2, 0) is 4.74 Å². The Hall–Kier alpha value is -2.24. The average Bonchev–Trinajstić information content (AvgIpc) is 2.86. The van der Waals surface area contributed by atoms with Crippen molar-refractivity contribution < 1.29 is 9.53 Å². The molecule has 0 bridgehead atoms. The highest BCUT2D eigenvalue weighted by molar-refractivity contribution is 5.70. The van der Waals surface area contributed by atoms with E-state index in [9.17, 15) is 4.79 Å². The number of anilines is 1. The lowest BCUT2D eigenvalue weighted by Crippen LogP contribution is -2.52. The van der Waals surface area contributed by atoms with Crippen LogP contribution in [0.15, 0.2) is 29.3 Å². The van der Waals surface area contributed by atoms with Gasteiger partial charge < -0.3 is 20.7 Å². The number of benzene rings is 1. The molecular formula is C15H20N4O2. The monoisotopic (exact) mass is 288 g/mol. The maximum absolute atomic E-state index is 12.0. The Morgan fingerprint density at radius 3 is 2.86 bits per heavy atom. The topological polar surface area (TPSA) is 74.8 Å². The minimum atomic E-state index is -0.463. The summed E-state index contributed by atoms with van der Waals surface area (Å²) >= 11 is 0. The number of para-hydroxylation sites is 1. The van der Waals surface area contributed by atoms with E-state index in [1.54, 1.807) is 6.34 Å². The predicted molar refractivity (Wildman–Crippen MR) is 81.4 cm³/mol. The zero-order valence-electron chi connectivity index (χ0n) is 12.4. The van der Waals surface area contributed by atoms with Crippen LogP contribution in [0.25, 0.3) is 0 Å². The molecule has 1 aromatic carbocycles. The SMILES string of the molecule is CC(C)(C)NC(=O)OC1Nc2ccccc2C2N=CNC12. The fourth-order valence-electron chi connectivity index (χ4n) is 2.60. The minimum Gasteiger partial charge on any atom is -0.423 e. The number of hydrogen-bond donors (Lipinski definition) is 3. The molecule has 1 aromatic rings. The first-order valence-corrected chi connectivity index (χ1v) is 7.06. The molecule has 1 amide bonds. The highest BCUT2D eigenvalue weighted by Gasteiger charge is 2.40. The molecule has 0 saturated carbocycles. The molecule has 2 aliphatic rings. The number of carbonyl (C=O) groups excluding carboxylic acids is 1. The first-order valence-electron chi connectivity index (χ1n) is 7.06. The molecule has 0 saturated heterocycles. The van der Waals surface area contributed by atoms with Crippen LogP contribution in [-0.4, -0.2) is 30.2 Å². The molecule has 6 nitrogen and oxygen atoms in total. The summed E-state index contributed by atoms with van der Waals surface area (Å²) in [6, 6.07) is 7.82. The molecule has 3 atom stereocenters. The number of aliphatic imine (C=N–C) groups is 1. The van der Waals surface area contributed by atoms with Crippen LogP contribution in [0.5, 0.6) is 0 Å². The second-order valence-electron chi connectivity index (χ2n) is 6.35. The third-order valence-corrected chi connectivity index (χ3v) is 3.46. The van der Waals surface area contributed by atoms with E-state index < -0.39 is 12.3 Å². The van der Waals surface area contributed by atoms with Crippen LogP contribution in [0, 0.1) is 0 Å². The van der Waals surface area contributed by atoms with Gasteiger partial charge in [0, 0.05) is 16.8 Å². The maximum Gasteiger partial charge on any atom is 0.409 e. The lowest BCUT2D eigenvalue weighted by atomic mass is 9.94. The Balaban J connectivity index is 1.77. The Kier molecular flexibility index (Phi) is 3.23. The Labute approximate surface area is 124 Å². The fourth-order valence-corrected chi connectivity index (χ4v) is 2.60. The molecular weight excluding hydrogens is 268 g/mol. The summed E-state index contributed by atoms with van der Waals surface area (Å²) in [7, 11) is 0. The van der Waals surface area contributed by atoms with E-state index in [-0.39, 0.29) is 17.6 Å². The van der Waals surface area contributed by atoms with Gasteiger partial charge in [0.15, 0.2) is 6.23 Å². The number of carbonyl (C=O) groups is 1. The number of ether oxygens (including phenoxy) is 1. The maximum atomic E-state index is 12.0. The normalized spacial score (nSPS) is 26.1. The molecule has 3 unspecified atom stereocenters. The highest BCUT2D eigenvalue weighted by Crippen LogP contribution is 2.37. The molecule has 0 radical (unpaired) electrons. The van der Waals surface area contributed by atoms with Crippen LogP contribution < -0.4 is 16.0 Å². The molecule has 0 spiro atoms. The summed E-state index contributed by atoms with van der Waals surface area (Å²) in [4.78, 5) is 16.4. The van der Waals surface area contributed by atoms with Crippen LogP contribution >= 0.6 is 0 Å². The van der Waals surface area contributed by atoms with E-state index in [4.69, 9.17) is 4.74 Å². The van der Waals surface area contributed by atoms with E-state index in [1.165, 1.54) is 0 Å². The molecule has 0 aromatic heterocycles. The summed E-state index contributed by atoms with van der Waals surface area (Å²) in [5.41, 5.74) is 1.73. The first kappa shape index (κ1) is 13.7. The van der Waals surface area contributed by atoms with E-state index in [0.717, 1.165) is 11.3 Å². The number of alkyl carbamates (subject to hydrolysis) is 1. The van der Waals surface area contributed by atoms with Gasteiger partial charge in [-0.15, -0.1) is 0 Å². The molecule has 2 heterocycles. The average molecular weight is 288 g/mol. The first-order chi connectivity index (χ1) is 9.94. The second-order valence-corrected chi connectivity index (χ2v) is 6.35. The van der Waals surface area contributed by atoms with Gasteiger partial charge in [-0.2, -0.15) is 0 Å². The van der Waals surface area contributed by atoms with Crippen LogP contribution in [0.1, 0.15) is 32.4 Å². The summed E-state index contributed by atoms with van der Waals surface area (Å²) in [6.07, 6.45) is 0.776. The summed E-state index contributed by atoms with van der Waals surface area (Å²) < 4.78 is 5.53. The van der Waals surface area contributed by atoms with E-state index in [1.807, 2.05) is 45.0 Å². The van der Waals surface area contributed by atoms with Crippen LogP contribution in [0.4, 0.5) is 10.5 Å². The van der Waals surface area contributed by atoms with Gasteiger partial charge in [-0.3, -0.25) is 4.99 Å². The number of amides is 1. The molecule has 0 fully saturated rings. The van der Waals surface area contributed by atoms with Crippen molar-refractivity contribution in [2.24, 2.45) is 4.99 Å². The van der Waals surface area contributed by atoms with Gasteiger partial charge in [-0.1, -0.05) is 18.2 Å². The molecule has 6 heteroatoms. The van der Waals surface area contributed by atoms with Crippen LogP contribution in [0.3, 0.4) is 0 Å². The molecule has 2 aliphatic heterocycles. The third kappa shape index (κ3) is 2.79. The highest BCUT2D eigenvalue weighted by atomic mass is 16.6. The van der Waals surface area contributed by atoms with Crippen LogP contribution in [0.2, 0.25) is 0 Å². The molecule has 112 valence electrons. The van der Waals surface area contributed by atoms with Gasteiger partial charge >= 0.3 is 6.09 Å². The molecule has 21 heavy (non-hydrogen) atoms. The van der Waals surface area contributed by atoms with E-state index in [0.29, 0.717) is 0 Å². The van der Waals surface area contributed by atoms with Crippen molar-refractivity contribution in [3.8, 4) is 0 Å². The van der Waals surface area contributed by atoms with Gasteiger partial charge in [0.25, 0.3) is 0 Å². The number of nitrogens with one attached hydrogen (secondary N) is 3. The van der Waals surface area contributed by atoms with E-state index >= 15 is 0 Å². The van der Waals surface area contributed by atoms with E-state index in [2.05, 4.69) is 20.9 Å². The van der Waals surface area contributed by atoms with Crippen molar-refractivity contribution in [3.63, 3.8) is 0 Å². The number of fused-ring (bicyclic) bond motifs is 3. The van der Waals surface area contributed by atoms with Gasteiger partial charge in [0.1, 0.15) is 12.1 Å². The summed E-state index contributed by atoms with van der Waals surface area (Å²) in [5.74, 6) is 0. The van der Waals surface area contributed by atoms with Crippen molar-refractivity contribution in [3.05, 3.63) is 29.8 Å². The fraction of sp³-hybridized carbons (Fsp3) is 0.467. The van der Waals surface area contributed by atoms with Crippen molar-refractivity contribution in [2.45, 2.75) is 44.6 Å². The van der Waals surface area contributed by atoms with Crippen molar-refractivity contribution >= 4 is 18.1 Å². The summed E-state index contributed by atoms with van der Waals surface area (Å²) in [5, 5.41) is 9.22. The van der Waals surface area contributed by atoms with Crippen molar-refractivity contribution in [1.82, 2.24) is 10.6 Å². The van der Waals surface area contributed by atoms with Crippen molar-refractivity contribution in [2.75, 3.05) is 5.32 Å². The Bertz CT molecular complexity index is 579. The minimum absolute atomic E-state index is 0.0325. The Morgan fingerprint density at radius 2 is 2.10 bits per heavy atom. The van der Waals surface area contributed by atoms with Gasteiger partial charge in [-0.25, -0.2) is 4.79 Å². The predicted octanol–water partition coefficient (Wildman–Crippen LogP) is 2.00. The van der Waals surface area contributed by atoms with Gasteiger partial charge in [-0.05, 0) is 26.8 Å². The molecule has 3 rings (SSSR count). The number of rotatable bonds is 1. The standard InChI is InChI=1S/C15H20N4O2/c1-15(2,3)19-14(20)21-13-12-11(16-8-17-12)9-6-4-5-7-10(9)18-13/h4-8,11-13,18H,1-3H3,(H,16,17)(H,19,20). The summed E-state index contributed by atoms with van der Waals surface area (Å²) in [6.45, 7) is 5.74.